The molecule has 0 spiro atoms. The van der Waals surface area contributed by atoms with Gasteiger partial charge in [-0.25, -0.2) is 0 Å². The normalized spacial score (nSPS) is 27.1. The van der Waals surface area contributed by atoms with Crippen molar-refractivity contribution in [3.8, 4) is 0 Å². The molecule has 0 saturated heterocycles. The third-order valence-electron chi connectivity index (χ3n) is 3.98. The average molecular weight is 232 g/mol. The van der Waals surface area contributed by atoms with E-state index in [0.717, 1.165) is 0 Å². The molecule has 1 saturated carbocycles. The molecule has 1 aliphatic carbocycles. The highest BCUT2D eigenvalue weighted by Gasteiger charge is 2.31. The first kappa shape index (κ1) is 12.6. The first-order valence-electron chi connectivity index (χ1n) is 6.67. The Kier molecular flexibility index (Phi) is 4.19. The van der Waals surface area contributed by atoms with Crippen molar-refractivity contribution in [3.63, 3.8) is 0 Å². The summed E-state index contributed by atoms with van der Waals surface area (Å²) in [7, 11) is 4.33. The summed E-state index contributed by atoms with van der Waals surface area (Å²) >= 11 is 0. The summed E-state index contributed by atoms with van der Waals surface area (Å²) in [6, 6.07) is 11.6. The van der Waals surface area contributed by atoms with Crippen LogP contribution in [0.5, 0.6) is 0 Å². The van der Waals surface area contributed by atoms with Gasteiger partial charge in [0.1, 0.15) is 0 Å². The summed E-state index contributed by atoms with van der Waals surface area (Å²) in [4.78, 5) is 2.32. The van der Waals surface area contributed by atoms with Crippen LogP contribution in [0.2, 0.25) is 0 Å². The molecular formula is C15H24N2. The fourth-order valence-corrected chi connectivity index (χ4v) is 3.16. The molecule has 1 fully saturated rings. The molecule has 2 N–H and O–H groups in total. The lowest BCUT2D eigenvalue weighted by Crippen LogP contribution is -2.41. The van der Waals surface area contributed by atoms with Gasteiger partial charge in [0, 0.05) is 12.1 Å². The standard InChI is InChI=1S/C15H24N2/c1-17(2)15(12-8-4-3-5-9-12)13-10-6-7-11-14(13)16/h3-5,8-9,13-15H,6-7,10-11,16H2,1-2H3/t13-,14+,15+/m1/s1. The fraction of sp³-hybridized carbons (Fsp3) is 0.600. The fourth-order valence-electron chi connectivity index (χ4n) is 3.16. The maximum absolute atomic E-state index is 6.33. The van der Waals surface area contributed by atoms with Crippen molar-refractivity contribution in [2.75, 3.05) is 14.1 Å². The van der Waals surface area contributed by atoms with E-state index >= 15 is 0 Å². The molecule has 94 valence electrons. The van der Waals surface area contributed by atoms with Gasteiger partial charge in [0.05, 0.1) is 0 Å². The second-order valence-electron chi connectivity index (χ2n) is 5.43. The molecule has 0 aliphatic heterocycles. The largest absolute Gasteiger partial charge is 0.327 e. The smallest absolute Gasteiger partial charge is 0.0384 e. The zero-order chi connectivity index (χ0) is 12.3. The zero-order valence-electron chi connectivity index (χ0n) is 11.0. The summed E-state index contributed by atoms with van der Waals surface area (Å²) in [6.07, 6.45) is 5.07. The summed E-state index contributed by atoms with van der Waals surface area (Å²) in [5, 5.41) is 0. The maximum atomic E-state index is 6.33. The van der Waals surface area contributed by atoms with Crippen molar-refractivity contribution in [1.82, 2.24) is 4.90 Å². The Morgan fingerprint density at radius 1 is 1.12 bits per heavy atom. The number of nitrogens with two attached hydrogens (primary N) is 1. The second kappa shape index (κ2) is 5.65. The van der Waals surface area contributed by atoms with Crippen molar-refractivity contribution in [1.29, 1.82) is 0 Å². The Bertz CT molecular complexity index is 334. The summed E-state index contributed by atoms with van der Waals surface area (Å²) < 4.78 is 0. The molecule has 1 aliphatic rings. The topological polar surface area (TPSA) is 29.3 Å². The van der Waals surface area contributed by atoms with Crippen LogP contribution in [0.15, 0.2) is 30.3 Å². The quantitative estimate of drug-likeness (QED) is 0.868. The van der Waals surface area contributed by atoms with E-state index in [1.165, 1.54) is 31.2 Å². The monoisotopic (exact) mass is 232 g/mol. The number of nitrogens with zero attached hydrogens (tertiary/aromatic N) is 1. The van der Waals surface area contributed by atoms with E-state index in [9.17, 15) is 0 Å². The van der Waals surface area contributed by atoms with Gasteiger partial charge in [0.2, 0.25) is 0 Å². The van der Waals surface area contributed by atoms with E-state index < -0.39 is 0 Å². The van der Waals surface area contributed by atoms with Crippen LogP contribution in [0.1, 0.15) is 37.3 Å². The third kappa shape index (κ3) is 2.88. The molecule has 2 nitrogen and oxygen atoms in total. The molecule has 0 radical (unpaired) electrons. The van der Waals surface area contributed by atoms with Crippen LogP contribution in [0, 0.1) is 5.92 Å². The minimum atomic E-state index is 0.358. The van der Waals surface area contributed by atoms with Crippen LogP contribution in [-0.4, -0.2) is 25.0 Å². The van der Waals surface area contributed by atoms with Crippen LogP contribution >= 0.6 is 0 Å². The van der Waals surface area contributed by atoms with Crippen molar-refractivity contribution in [2.24, 2.45) is 11.7 Å². The van der Waals surface area contributed by atoms with Gasteiger partial charge >= 0.3 is 0 Å². The van der Waals surface area contributed by atoms with Crippen molar-refractivity contribution < 1.29 is 0 Å². The van der Waals surface area contributed by atoms with Gasteiger partial charge in [-0.1, -0.05) is 43.2 Å². The minimum Gasteiger partial charge on any atom is -0.327 e. The van der Waals surface area contributed by atoms with Crippen molar-refractivity contribution in [3.05, 3.63) is 35.9 Å². The Balaban J connectivity index is 2.22. The van der Waals surface area contributed by atoms with E-state index in [2.05, 4.69) is 49.3 Å². The molecule has 0 heterocycles. The third-order valence-corrected chi connectivity index (χ3v) is 3.98. The van der Waals surface area contributed by atoms with Gasteiger partial charge in [0.25, 0.3) is 0 Å². The Labute approximate surface area is 105 Å². The molecule has 0 aromatic heterocycles. The highest BCUT2D eigenvalue weighted by Crippen LogP contribution is 2.36. The number of benzene rings is 1. The SMILES string of the molecule is CN(C)[C@@H](c1ccccc1)[C@@H]1CCCC[C@@H]1N. The van der Waals surface area contributed by atoms with Gasteiger partial charge < -0.3 is 10.6 Å². The average Bonchev–Trinajstić information content (AvgIpc) is 2.33. The van der Waals surface area contributed by atoms with E-state index in [-0.39, 0.29) is 0 Å². The van der Waals surface area contributed by atoms with Gasteiger partial charge in [0.15, 0.2) is 0 Å². The number of hydrogen-bond acceptors (Lipinski definition) is 2. The number of rotatable bonds is 3. The number of hydrogen-bond donors (Lipinski definition) is 1. The molecule has 1 aromatic carbocycles. The van der Waals surface area contributed by atoms with Crippen molar-refractivity contribution >= 4 is 0 Å². The molecule has 0 unspecified atom stereocenters. The molecule has 0 bridgehead atoms. The molecule has 3 atom stereocenters. The first-order valence-corrected chi connectivity index (χ1v) is 6.67. The Morgan fingerprint density at radius 2 is 1.76 bits per heavy atom. The summed E-state index contributed by atoms with van der Waals surface area (Å²) in [5.41, 5.74) is 7.73. The van der Waals surface area contributed by atoms with E-state index in [4.69, 9.17) is 5.73 Å². The Morgan fingerprint density at radius 3 is 2.35 bits per heavy atom. The van der Waals surface area contributed by atoms with Crippen LogP contribution in [-0.2, 0) is 0 Å². The van der Waals surface area contributed by atoms with Crippen molar-refractivity contribution in [2.45, 2.75) is 37.8 Å². The lowest BCUT2D eigenvalue weighted by molar-refractivity contribution is 0.151. The summed E-state index contributed by atoms with van der Waals surface area (Å²) in [5.74, 6) is 0.598. The zero-order valence-corrected chi connectivity index (χ0v) is 11.0. The lowest BCUT2D eigenvalue weighted by Gasteiger charge is -2.39. The highest BCUT2D eigenvalue weighted by molar-refractivity contribution is 5.20. The van der Waals surface area contributed by atoms with Gasteiger partial charge in [-0.2, -0.15) is 0 Å². The van der Waals surface area contributed by atoms with Crippen LogP contribution in [0.3, 0.4) is 0 Å². The lowest BCUT2D eigenvalue weighted by atomic mass is 9.77. The summed E-state index contributed by atoms with van der Waals surface area (Å²) in [6.45, 7) is 0. The van der Waals surface area contributed by atoms with E-state index in [0.29, 0.717) is 18.0 Å². The molecule has 0 amide bonds. The maximum Gasteiger partial charge on any atom is 0.0384 e. The first-order chi connectivity index (χ1) is 8.20. The van der Waals surface area contributed by atoms with Crippen LogP contribution in [0.25, 0.3) is 0 Å². The molecule has 1 aromatic rings. The molecule has 2 heteroatoms. The second-order valence-corrected chi connectivity index (χ2v) is 5.43. The minimum absolute atomic E-state index is 0.358. The van der Waals surface area contributed by atoms with Gasteiger partial charge in [-0.3, -0.25) is 0 Å². The molecule has 17 heavy (non-hydrogen) atoms. The van der Waals surface area contributed by atoms with E-state index in [1.54, 1.807) is 0 Å². The molecule has 2 rings (SSSR count). The highest BCUT2D eigenvalue weighted by atomic mass is 15.1. The predicted octanol–water partition coefficient (Wildman–Crippen LogP) is 2.81. The molecular weight excluding hydrogens is 208 g/mol. The van der Waals surface area contributed by atoms with Crippen LogP contribution < -0.4 is 5.73 Å². The predicted molar refractivity (Wildman–Crippen MR) is 72.8 cm³/mol. The van der Waals surface area contributed by atoms with Crippen LogP contribution in [0.4, 0.5) is 0 Å². The Hall–Kier alpha value is -0.860. The van der Waals surface area contributed by atoms with E-state index in [1.807, 2.05) is 0 Å². The van der Waals surface area contributed by atoms with Gasteiger partial charge in [-0.15, -0.1) is 0 Å². The van der Waals surface area contributed by atoms with Gasteiger partial charge in [-0.05, 0) is 38.4 Å².